The molecule has 1 rings (SSSR count). The quantitative estimate of drug-likeness (QED) is 0.796. The van der Waals surface area contributed by atoms with E-state index in [2.05, 4.69) is 59.9 Å². The molecule has 1 atom stereocenters. The summed E-state index contributed by atoms with van der Waals surface area (Å²) in [5.41, 5.74) is 2.59. The lowest BCUT2D eigenvalue weighted by atomic mass is 10.0. The smallest absolute Gasteiger partial charge is 0.0355 e. The highest BCUT2D eigenvalue weighted by molar-refractivity contribution is 9.10. The molecule has 0 aliphatic carbocycles. The molecule has 0 aliphatic rings. The van der Waals surface area contributed by atoms with Gasteiger partial charge in [-0.25, -0.2) is 0 Å². The highest BCUT2D eigenvalue weighted by Crippen LogP contribution is 2.23. The van der Waals surface area contributed by atoms with Crippen LogP contribution < -0.4 is 5.32 Å². The highest BCUT2D eigenvalue weighted by Gasteiger charge is 2.08. The topological polar surface area (TPSA) is 12.0 Å². The Kier molecular flexibility index (Phi) is 5.06. The molecular formula is C13H18BrN. The van der Waals surface area contributed by atoms with Crippen LogP contribution in [0.2, 0.25) is 0 Å². The van der Waals surface area contributed by atoms with Crippen molar-refractivity contribution in [2.45, 2.75) is 26.3 Å². The van der Waals surface area contributed by atoms with E-state index in [0.717, 1.165) is 13.0 Å². The van der Waals surface area contributed by atoms with Gasteiger partial charge in [0.2, 0.25) is 0 Å². The highest BCUT2D eigenvalue weighted by atomic mass is 79.9. The minimum Gasteiger partial charge on any atom is -0.310 e. The number of hydrogen-bond acceptors (Lipinski definition) is 1. The molecule has 82 valence electrons. The molecule has 0 spiro atoms. The van der Waals surface area contributed by atoms with E-state index in [0.29, 0.717) is 6.04 Å². The van der Waals surface area contributed by atoms with Crippen LogP contribution in [0.1, 0.15) is 30.5 Å². The summed E-state index contributed by atoms with van der Waals surface area (Å²) in [6, 6.07) is 6.89. The second-order valence-electron chi connectivity index (χ2n) is 3.64. The molecule has 1 aromatic rings. The molecule has 0 saturated heterocycles. The Morgan fingerprint density at radius 1 is 1.53 bits per heavy atom. The zero-order valence-electron chi connectivity index (χ0n) is 9.39. The van der Waals surface area contributed by atoms with Gasteiger partial charge in [-0.2, -0.15) is 0 Å². The molecule has 0 aromatic heterocycles. The molecule has 0 fully saturated rings. The van der Waals surface area contributed by atoms with Gasteiger partial charge in [-0.15, -0.1) is 6.58 Å². The van der Waals surface area contributed by atoms with Gasteiger partial charge in [0.15, 0.2) is 0 Å². The van der Waals surface area contributed by atoms with Crippen LogP contribution >= 0.6 is 15.9 Å². The molecule has 15 heavy (non-hydrogen) atoms. The first kappa shape index (κ1) is 12.5. The van der Waals surface area contributed by atoms with Crippen molar-refractivity contribution in [3.8, 4) is 0 Å². The fraction of sp³-hybridized carbons (Fsp3) is 0.385. The Morgan fingerprint density at radius 2 is 2.27 bits per heavy atom. The van der Waals surface area contributed by atoms with Gasteiger partial charge in [0, 0.05) is 10.5 Å². The summed E-state index contributed by atoms with van der Waals surface area (Å²) in [4.78, 5) is 0. The van der Waals surface area contributed by atoms with Gasteiger partial charge < -0.3 is 5.32 Å². The largest absolute Gasteiger partial charge is 0.310 e. The Bertz CT molecular complexity index is 333. The lowest BCUT2D eigenvalue weighted by Crippen LogP contribution is -2.20. The van der Waals surface area contributed by atoms with E-state index in [9.17, 15) is 0 Å². The van der Waals surface area contributed by atoms with Crippen molar-refractivity contribution in [1.29, 1.82) is 0 Å². The zero-order chi connectivity index (χ0) is 11.3. The maximum absolute atomic E-state index is 3.80. The van der Waals surface area contributed by atoms with E-state index in [1.54, 1.807) is 0 Å². The third-order valence-corrected chi connectivity index (χ3v) is 3.31. The van der Waals surface area contributed by atoms with Crippen LogP contribution in [0.3, 0.4) is 0 Å². The van der Waals surface area contributed by atoms with Crippen molar-refractivity contribution in [2.75, 3.05) is 6.54 Å². The van der Waals surface area contributed by atoms with Crippen molar-refractivity contribution in [1.82, 2.24) is 5.32 Å². The molecule has 2 heteroatoms. The first-order valence-electron chi connectivity index (χ1n) is 5.29. The molecule has 1 nitrogen and oxygen atoms in total. The average Bonchev–Trinajstić information content (AvgIpc) is 2.22. The van der Waals surface area contributed by atoms with Crippen molar-refractivity contribution >= 4 is 15.9 Å². The molecular weight excluding hydrogens is 250 g/mol. The summed E-state index contributed by atoms with van der Waals surface area (Å²) in [5.74, 6) is 0. The van der Waals surface area contributed by atoms with E-state index in [1.807, 2.05) is 6.08 Å². The van der Waals surface area contributed by atoms with Gasteiger partial charge in [-0.05, 0) is 37.1 Å². The summed E-state index contributed by atoms with van der Waals surface area (Å²) < 4.78 is 1.17. The van der Waals surface area contributed by atoms with E-state index in [4.69, 9.17) is 0 Å². The van der Waals surface area contributed by atoms with Crippen LogP contribution in [-0.4, -0.2) is 6.54 Å². The first-order chi connectivity index (χ1) is 7.19. The normalized spacial score (nSPS) is 12.5. The first-order valence-corrected chi connectivity index (χ1v) is 6.08. The summed E-state index contributed by atoms with van der Waals surface area (Å²) in [6.07, 6.45) is 2.92. The van der Waals surface area contributed by atoms with Crippen molar-refractivity contribution in [3.05, 3.63) is 46.5 Å². The molecule has 0 heterocycles. The Morgan fingerprint density at radius 3 is 2.80 bits per heavy atom. The Labute approximate surface area is 101 Å². The van der Waals surface area contributed by atoms with Crippen LogP contribution in [0, 0.1) is 6.92 Å². The minimum atomic E-state index is 0.379. The number of halogens is 1. The monoisotopic (exact) mass is 267 g/mol. The van der Waals surface area contributed by atoms with Crippen LogP contribution in [-0.2, 0) is 0 Å². The van der Waals surface area contributed by atoms with Crippen LogP contribution in [0.15, 0.2) is 35.3 Å². The van der Waals surface area contributed by atoms with Crippen LogP contribution in [0.25, 0.3) is 0 Å². The zero-order valence-corrected chi connectivity index (χ0v) is 11.0. The third kappa shape index (κ3) is 3.47. The summed E-state index contributed by atoms with van der Waals surface area (Å²) >= 11 is 3.56. The molecule has 0 aliphatic heterocycles. The van der Waals surface area contributed by atoms with Gasteiger partial charge in [-0.3, -0.25) is 0 Å². The second-order valence-corrected chi connectivity index (χ2v) is 4.50. The Balaban J connectivity index is 2.89. The molecule has 1 aromatic carbocycles. The predicted molar refractivity (Wildman–Crippen MR) is 70.1 cm³/mol. The maximum atomic E-state index is 3.80. The molecule has 0 radical (unpaired) electrons. The standard InChI is InChI=1S/C13H18BrN/c1-4-6-13(15-5-2)11-8-7-10(3)12(14)9-11/h4,7-9,13,15H,1,5-6H2,2-3H3. The van der Waals surface area contributed by atoms with E-state index in [1.165, 1.54) is 15.6 Å². The van der Waals surface area contributed by atoms with Gasteiger partial charge in [-0.1, -0.05) is 41.1 Å². The summed E-state index contributed by atoms with van der Waals surface area (Å²) in [5, 5.41) is 3.45. The van der Waals surface area contributed by atoms with E-state index < -0.39 is 0 Å². The van der Waals surface area contributed by atoms with Gasteiger partial charge in [0.1, 0.15) is 0 Å². The minimum absolute atomic E-state index is 0.379. The number of aryl methyl sites for hydroxylation is 1. The fourth-order valence-corrected chi connectivity index (χ4v) is 1.97. The summed E-state index contributed by atoms with van der Waals surface area (Å²) in [7, 11) is 0. The number of benzene rings is 1. The second kappa shape index (κ2) is 6.09. The predicted octanol–water partition coefficient (Wildman–Crippen LogP) is 3.98. The lowest BCUT2D eigenvalue weighted by molar-refractivity contribution is 0.559. The van der Waals surface area contributed by atoms with Crippen molar-refractivity contribution in [2.24, 2.45) is 0 Å². The molecule has 0 amide bonds. The van der Waals surface area contributed by atoms with Crippen LogP contribution in [0.5, 0.6) is 0 Å². The van der Waals surface area contributed by atoms with Gasteiger partial charge in [0.05, 0.1) is 0 Å². The van der Waals surface area contributed by atoms with Crippen molar-refractivity contribution in [3.63, 3.8) is 0 Å². The average molecular weight is 268 g/mol. The molecule has 0 bridgehead atoms. The van der Waals surface area contributed by atoms with Gasteiger partial charge >= 0.3 is 0 Å². The maximum Gasteiger partial charge on any atom is 0.0355 e. The third-order valence-electron chi connectivity index (χ3n) is 2.45. The lowest BCUT2D eigenvalue weighted by Gasteiger charge is -2.17. The number of nitrogens with one attached hydrogen (secondary N) is 1. The van der Waals surface area contributed by atoms with Gasteiger partial charge in [0.25, 0.3) is 0 Å². The van der Waals surface area contributed by atoms with Crippen molar-refractivity contribution < 1.29 is 0 Å². The molecule has 1 unspecified atom stereocenters. The van der Waals surface area contributed by atoms with E-state index >= 15 is 0 Å². The molecule has 0 saturated carbocycles. The van der Waals surface area contributed by atoms with E-state index in [-0.39, 0.29) is 0 Å². The number of rotatable bonds is 5. The number of hydrogen-bond donors (Lipinski definition) is 1. The fourth-order valence-electron chi connectivity index (χ4n) is 1.58. The van der Waals surface area contributed by atoms with Crippen LogP contribution in [0.4, 0.5) is 0 Å². The summed E-state index contributed by atoms with van der Waals surface area (Å²) in [6.45, 7) is 9.00. The molecule has 1 N–H and O–H groups in total. The Hall–Kier alpha value is -0.600. The SMILES string of the molecule is C=CCC(NCC)c1ccc(C)c(Br)c1.